The summed E-state index contributed by atoms with van der Waals surface area (Å²) in [5, 5.41) is 3.47. The number of halogens is 1. The molecule has 0 atom stereocenters. The highest BCUT2D eigenvalue weighted by Gasteiger charge is 2.44. The van der Waals surface area contributed by atoms with Crippen LogP contribution in [0.25, 0.3) is 16.9 Å². The third-order valence-corrected chi connectivity index (χ3v) is 8.89. The Kier molecular flexibility index (Phi) is 6.51. The maximum atomic E-state index is 14.4. The fourth-order valence-corrected chi connectivity index (χ4v) is 6.84. The molecule has 3 aromatic carbocycles. The highest BCUT2D eigenvalue weighted by atomic mass is 79.9. The molecule has 1 spiro atoms. The number of carbonyl (C=O) groups excluding carboxylic acids is 1. The zero-order valence-electron chi connectivity index (χ0n) is 20.2. The van der Waals surface area contributed by atoms with Gasteiger partial charge >= 0.3 is 0 Å². The largest absolute Gasteiger partial charge is 0.325 e. The second kappa shape index (κ2) is 9.95. The molecule has 1 heterocycles. The molecule has 1 saturated carbocycles. The average molecular weight is 573 g/mol. The minimum atomic E-state index is -0.174. The smallest absolute Gasteiger partial charge is 0.263 e. The van der Waals surface area contributed by atoms with Crippen molar-refractivity contribution in [3.8, 4) is 16.9 Å². The van der Waals surface area contributed by atoms with Crippen molar-refractivity contribution < 1.29 is 4.79 Å². The predicted octanol–water partition coefficient (Wildman–Crippen LogP) is 6.76. The molecule has 0 bridgehead atoms. The topological polar surface area (TPSA) is 64.0 Å². The SMILES string of the molecule is O=C(CSc1nc2c(c(=O)n1-c1ccccc1)C1(CCCC1)Cc1ccccc1-2)Nc1ccc(Br)cc1. The van der Waals surface area contributed by atoms with Gasteiger partial charge in [-0.15, -0.1) is 0 Å². The molecule has 4 aromatic rings. The molecule has 0 unspecified atom stereocenters. The van der Waals surface area contributed by atoms with Crippen LogP contribution in [0.3, 0.4) is 0 Å². The van der Waals surface area contributed by atoms with Gasteiger partial charge in [0.15, 0.2) is 5.16 Å². The summed E-state index contributed by atoms with van der Waals surface area (Å²) in [6.45, 7) is 0. The van der Waals surface area contributed by atoms with Gasteiger partial charge < -0.3 is 5.32 Å². The van der Waals surface area contributed by atoms with Crippen molar-refractivity contribution in [1.29, 1.82) is 0 Å². The minimum absolute atomic E-state index is 0.0107. The van der Waals surface area contributed by atoms with Crippen LogP contribution < -0.4 is 10.9 Å². The molecular formula is C30H26BrN3O2S. The molecule has 5 nitrogen and oxygen atoms in total. The lowest BCUT2D eigenvalue weighted by molar-refractivity contribution is -0.113. The molecule has 0 radical (unpaired) electrons. The third kappa shape index (κ3) is 4.55. The number of benzene rings is 3. The molecule has 37 heavy (non-hydrogen) atoms. The Labute approximate surface area is 228 Å². The Morgan fingerprint density at radius 3 is 2.43 bits per heavy atom. The molecule has 0 aliphatic heterocycles. The fourth-order valence-electron chi connectivity index (χ4n) is 5.77. The first-order valence-corrected chi connectivity index (χ1v) is 14.3. The van der Waals surface area contributed by atoms with Crippen molar-refractivity contribution >= 4 is 39.3 Å². The second-order valence-electron chi connectivity index (χ2n) is 9.76. The highest BCUT2D eigenvalue weighted by Crippen LogP contribution is 2.50. The monoisotopic (exact) mass is 571 g/mol. The number of anilines is 1. The van der Waals surface area contributed by atoms with Gasteiger partial charge in [-0.05, 0) is 61.2 Å². The summed E-state index contributed by atoms with van der Waals surface area (Å²) in [6.07, 6.45) is 5.13. The van der Waals surface area contributed by atoms with Gasteiger partial charge in [0.1, 0.15) is 0 Å². The molecule has 1 amide bonds. The van der Waals surface area contributed by atoms with Gasteiger partial charge in [-0.2, -0.15) is 0 Å². The van der Waals surface area contributed by atoms with E-state index in [1.807, 2.05) is 60.7 Å². The van der Waals surface area contributed by atoms with Gasteiger partial charge in [0.2, 0.25) is 5.91 Å². The van der Waals surface area contributed by atoms with Crippen molar-refractivity contribution in [2.45, 2.75) is 42.7 Å². The summed E-state index contributed by atoms with van der Waals surface area (Å²) in [5.41, 5.74) is 5.23. The lowest BCUT2D eigenvalue weighted by Gasteiger charge is -2.36. The highest BCUT2D eigenvalue weighted by molar-refractivity contribution is 9.10. The van der Waals surface area contributed by atoms with Crippen molar-refractivity contribution in [3.63, 3.8) is 0 Å². The van der Waals surface area contributed by atoms with E-state index in [2.05, 4.69) is 39.4 Å². The van der Waals surface area contributed by atoms with Crippen LogP contribution in [0.15, 0.2) is 93.3 Å². The van der Waals surface area contributed by atoms with Crippen molar-refractivity contribution in [3.05, 3.63) is 105 Å². The van der Waals surface area contributed by atoms with Crippen molar-refractivity contribution in [2.75, 3.05) is 11.1 Å². The van der Waals surface area contributed by atoms with Crippen LogP contribution in [0, 0.1) is 0 Å². The van der Waals surface area contributed by atoms with E-state index in [-0.39, 0.29) is 22.6 Å². The van der Waals surface area contributed by atoms with E-state index in [9.17, 15) is 9.59 Å². The third-order valence-electron chi connectivity index (χ3n) is 7.42. The standard InChI is InChI=1S/C30H26BrN3O2S/c31-21-12-14-22(15-13-21)32-25(35)19-37-29-33-27-24-11-5-4-8-20(24)18-30(16-6-7-17-30)26(27)28(36)34(29)23-9-2-1-3-10-23/h1-5,8-15H,6-7,16-19H2,(H,32,35). The van der Waals surface area contributed by atoms with Crippen LogP contribution in [0.5, 0.6) is 0 Å². The average Bonchev–Trinajstić information content (AvgIpc) is 3.37. The Balaban J connectivity index is 1.44. The van der Waals surface area contributed by atoms with Crippen LogP contribution in [0.1, 0.15) is 36.8 Å². The maximum absolute atomic E-state index is 14.4. The van der Waals surface area contributed by atoms with Crippen molar-refractivity contribution in [1.82, 2.24) is 9.55 Å². The number of thioether (sulfide) groups is 1. The van der Waals surface area contributed by atoms with Crippen LogP contribution in [-0.2, 0) is 16.6 Å². The number of amides is 1. The minimum Gasteiger partial charge on any atom is -0.325 e. The molecule has 1 fully saturated rings. The summed E-state index contributed by atoms with van der Waals surface area (Å²) in [7, 11) is 0. The molecule has 1 aromatic heterocycles. The number of aromatic nitrogens is 2. The summed E-state index contributed by atoms with van der Waals surface area (Å²) >= 11 is 4.71. The number of hydrogen-bond acceptors (Lipinski definition) is 4. The van der Waals surface area contributed by atoms with Gasteiger partial charge in [0.25, 0.3) is 5.56 Å². The first-order valence-electron chi connectivity index (χ1n) is 12.5. The molecular weight excluding hydrogens is 546 g/mol. The number of nitrogens with one attached hydrogen (secondary N) is 1. The summed E-state index contributed by atoms with van der Waals surface area (Å²) < 4.78 is 2.66. The van der Waals surface area contributed by atoms with Crippen LogP contribution in [0.4, 0.5) is 5.69 Å². The van der Waals surface area contributed by atoms with Crippen LogP contribution >= 0.6 is 27.7 Å². The molecule has 1 N–H and O–H groups in total. The number of para-hydroxylation sites is 1. The van der Waals surface area contributed by atoms with E-state index in [1.165, 1.54) is 17.3 Å². The fraction of sp³-hybridized carbons (Fsp3) is 0.233. The molecule has 186 valence electrons. The summed E-state index contributed by atoms with van der Waals surface area (Å²) in [5.74, 6) is -0.00690. The zero-order chi connectivity index (χ0) is 25.4. The van der Waals surface area contributed by atoms with E-state index in [0.29, 0.717) is 5.16 Å². The van der Waals surface area contributed by atoms with E-state index < -0.39 is 0 Å². The summed E-state index contributed by atoms with van der Waals surface area (Å²) in [4.78, 5) is 32.4. The van der Waals surface area contributed by atoms with E-state index in [1.54, 1.807) is 4.57 Å². The second-order valence-corrected chi connectivity index (χ2v) is 11.6. The van der Waals surface area contributed by atoms with Gasteiger partial charge in [-0.3, -0.25) is 14.2 Å². The zero-order valence-corrected chi connectivity index (χ0v) is 22.6. The van der Waals surface area contributed by atoms with E-state index in [4.69, 9.17) is 4.98 Å². The Hall–Kier alpha value is -3.16. The normalized spacial score (nSPS) is 15.3. The van der Waals surface area contributed by atoms with Gasteiger partial charge in [0, 0.05) is 21.1 Å². The lowest BCUT2D eigenvalue weighted by Crippen LogP contribution is -2.40. The number of rotatable bonds is 5. The van der Waals surface area contributed by atoms with Crippen molar-refractivity contribution in [2.24, 2.45) is 0 Å². The molecule has 0 saturated heterocycles. The molecule has 2 aliphatic carbocycles. The number of nitrogens with zero attached hydrogens (tertiary/aromatic N) is 2. The molecule has 2 aliphatic rings. The maximum Gasteiger partial charge on any atom is 0.263 e. The molecule has 6 rings (SSSR count). The lowest BCUT2D eigenvalue weighted by atomic mass is 9.68. The van der Waals surface area contributed by atoms with Crippen LogP contribution in [-0.4, -0.2) is 21.2 Å². The van der Waals surface area contributed by atoms with Gasteiger partial charge in [-0.25, -0.2) is 4.98 Å². The Bertz CT molecular complexity index is 1530. The van der Waals surface area contributed by atoms with Gasteiger partial charge in [0.05, 0.1) is 22.7 Å². The Morgan fingerprint density at radius 1 is 0.973 bits per heavy atom. The van der Waals surface area contributed by atoms with Crippen LogP contribution in [0.2, 0.25) is 0 Å². The number of hydrogen-bond donors (Lipinski definition) is 1. The van der Waals surface area contributed by atoms with Gasteiger partial charge in [-0.1, -0.05) is 83.0 Å². The van der Waals surface area contributed by atoms with E-state index >= 15 is 0 Å². The molecule has 7 heteroatoms. The predicted molar refractivity (Wildman–Crippen MR) is 153 cm³/mol. The summed E-state index contributed by atoms with van der Waals surface area (Å²) in [6, 6.07) is 25.4. The Morgan fingerprint density at radius 2 is 1.68 bits per heavy atom. The number of fused-ring (bicyclic) bond motifs is 4. The first kappa shape index (κ1) is 24.2. The first-order chi connectivity index (χ1) is 18.0. The van der Waals surface area contributed by atoms with E-state index in [0.717, 1.165) is 64.8 Å². The number of carbonyl (C=O) groups is 1. The quantitative estimate of drug-likeness (QED) is 0.212.